The first kappa shape index (κ1) is 27.9. The first-order chi connectivity index (χ1) is 12.5. The summed E-state index contributed by atoms with van der Waals surface area (Å²) in [6.45, 7) is 28.0. The SMILES string of the molecule is CCC(C)C(C)COC(C)(CC)C(C)(C)CCOC(C)(C)C(C)(C)CC(C)O. The summed E-state index contributed by atoms with van der Waals surface area (Å²) in [5, 5.41) is 9.83. The van der Waals surface area contributed by atoms with E-state index >= 15 is 0 Å². The summed E-state index contributed by atoms with van der Waals surface area (Å²) in [5.74, 6) is 1.26. The van der Waals surface area contributed by atoms with Gasteiger partial charge >= 0.3 is 0 Å². The second kappa shape index (κ2) is 10.8. The highest BCUT2D eigenvalue weighted by molar-refractivity contribution is 4.92. The summed E-state index contributed by atoms with van der Waals surface area (Å²) in [5.41, 5.74) is -0.547. The lowest BCUT2D eigenvalue weighted by Crippen LogP contribution is -2.47. The first-order valence-electron chi connectivity index (χ1n) is 11.5. The van der Waals surface area contributed by atoms with Crippen molar-refractivity contribution < 1.29 is 14.6 Å². The lowest BCUT2D eigenvalue weighted by molar-refractivity contribution is -0.152. The highest BCUT2D eigenvalue weighted by Gasteiger charge is 2.43. The van der Waals surface area contributed by atoms with E-state index in [9.17, 15) is 5.11 Å². The van der Waals surface area contributed by atoms with Crippen LogP contribution in [0.3, 0.4) is 0 Å². The second-order valence-corrected chi connectivity index (χ2v) is 11.2. The van der Waals surface area contributed by atoms with Crippen LogP contribution in [-0.2, 0) is 9.47 Å². The molecule has 3 nitrogen and oxygen atoms in total. The van der Waals surface area contributed by atoms with E-state index in [0.717, 1.165) is 25.9 Å². The summed E-state index contributed by atoms with van der Waals surface area (Å²) < 4.78 is 12.9. The molecule has 0 fully saturated rings. The molecule has 0 heterocycles. The molecule has 0 radical (unpaired) electrons. The van der Waals surface area contributed by atoms with Crippen molar-refractivity contribution in [2.45, 2.75) is 126 Å². The first-order valence-corrected chi connectivity index (χ1v) is 11.5. The Hall–Kier alpha value is -0.120. The Morgan fingerprint density at radius 2 is 1.32 bits per heavy atom. The minimum absolute atomic E-state index is 0.0153. The van der Waals surface area contributed by atoms with Gasteiger partial charge in [-0.05, 0) is 69.6 Å². The molecule has 0 rings (SSSR count). The topological polar surface area (TPSA) is 38.7 Å². The van der Waals surface area contributed by atoms with Gasteiger partial charge in [0.05, 0.1) is 23.9 Å². The van der Waals surface area contributed by atoms with Gasteiger partial charge in [0.1, 0.15) is 0 Å². The normalized spacial score (nSPS) is 19.2. The van der Waals surface area contributed by atoms with Crippen molar-refractivity contribution in [3.05, 3.63) is 0 Å². The molecule has 4 unspecified atom stereocenters. The molecule has 0 aliphatic rings. The van der Waals surface area contributed by atoms with Gasteiger partial charge in [-0.2, -0.15) is 0 Å². The highest BCUT2D eigenvalue weighted by Crippen LogP contribution is 2.42. The lowest BCUT2D eigenvalue weighted by atomic mass is 9.71. The van der Waals surface area contributed by atoms with Gasteiger partial charge < -0.3 is 14.6 Å². The van der Waals surface area contributed by atoms with E-state index in [-0.39, 0.29) is 28.1 Å². The smallest absolute Gasteiger partial charge is 0.0703 e. The standard InChI is InChI=1S/C25H52O3/c1-13-19(3)20(4)18-28-25(12,14-2)22(6,7)15-16-27-24(10,11)23(8,9)17-21(5)26/h19-21,26H,13-18H2,1-12H3. The van der Waals surface area contributed by atoms with E-state index in [4.69, 9.17) is 9.47 Å². The molecule has 0 aliphatic carbocycles. The van der Waals surface area contributed by atoms with Crippen molar-refractivity contribution in [3.8, 4) is 0 Å². The van der Waals surface area contributed by atoms with Crippen LogP contribution in [-0.4, -0.2) is 35.6 Å². The van der Waals surface area contributed by atoms with Crippen LogP contribution in [0.5, 0.6) is 0 Å². The largest absolute Gasteiger partial charge is 0.393 e. The van der Waals surface area contributed by atoms with Gasteiger partial charge in [0.25, 0.3) is 0 Å². The van der Waals surface area contributed by atoms with Crippen LogP contribution < -0.4 is 0 Å². The molecule has 0 aromatic rings. The fourth-order valence-corrected chi connectivity index (χ4v) is 3.66. The molecule has 0 amide bonds. The zero-order chi connectivity index (χ0) is 22.4. The van der Waals surface area contributed by atoms with Crippen LogP contribution in [0.1, 0.15) is 109 Å². The lowest BCUT2D eigenvalue weighted by Gasteiger charge is -2.46. The van der Waals surface area contributed by atoms with Crippen LogP contribution in [0.15, 0.2) is 0 Å². The molecule has 4 atom stereocenters. The average Bonchev–Trinajstić information content (AvgIpc) is 2.56. The number of aliphatic hydroxyl groups excluding tert-OH is 1. The number of ether oxygens (including phenoxy) is 2. The molecule has 170 valence electrons. The summed E-state index contributed by atoms with van der Waals surface area (Å²) in [4.78, 5) is 0. The Kier molecular flexibility index (Phi) is 10.7. The predicted octanol–water partition coefficient (Wildman–Crippen LogP) is 6.86. The van der Waals surface area contributed by atoms with Crippen molar-refractivity contribution in [2.75, 3.05) is 13.2 Å². The summed E-state index contributed by atoms with van der Waals surface area (Å²) in [7, 11) is 0. The third-order valence-electron chi connectivity index (χ3n) is 8.01. The minimum Gasteiger partial charge on any atom is -0.393 e. The van der Waals surface area contributed by atoms with Crippen LogP contribution in [0.25, 0.3) is 0 Å². The van der Waals surface area contributed by atoms with Crippen molar-refractivity contribution >= 4 is 0 Å². The number of rotatable bonds is 14. The van der Waals surface area contributed by atoms with E-state index in [0.29, 0.717) is 18.4 Å². The second-order valence-electron chi connectivity index (χ2n) is 11.2. The van der Waals surface area contributed by atoms with Gasteiger partial charge in [-0.3, -0.25) is 0 Å². The molecule has 0 aromatic carbocycles. The monoisotopic (exact) mass is 400 g/mol. The van der Waals surface area contributed by atoms with E-state index in [1.54, 1.807) is 0 Å². The van der Waals surface area contributed by atoms with E-state index in [1.165, 1.54) is 6.42 Å². The zero-order valence-corrected chi connectivity index (χ0v) is 21.2. The summed E-state index contributed by atoms with van der Waals surface area (Å²) >= 11 is 0. The molecule has 0 spiro atoms. The maximum absolute atomic E-state index is 9.83. The Balaban J connectivity index is 4.94. The van der Waals surface area contributed by atoms with Gasteiger partial charge in [0.15, 0.2) is 0 Å². The Labute approximate surface area is 177 Å². The molecule has 3 heteroatoms. The van der Waals surface area contributed by atoms with Crippen molar-refractivity contribution in [2.24, 2.45) is 22.7 Å². The minimum atomic E-state index is -0.321. The van der Waals surface area contributed by atoms with Gasteiger partial charge in [-0.1, -0.05) is 61.8 Å². The Bertz CT molecular complexity index is 439. The molecule has 0 aromatic heterocycles. The van der Waals surface area contributed by atoms with Crippen molar-refractivity contribution in [3.63, 3.8) is 0 Å². The molecule has 0 aliphatic heterocycles. The Morgan fingerprint density at radius 3 is 1.75 bits per heavy atom. The van der Waals surface area contributed by atoms with Crippen LogP contribution in [0.2, 0.25) is 0 Å². The molecule has 28 heavy (non-hydrogen) atoms. The van der Waals surface area contributed by atoms with Crippen molar-refractivity contribution in [1.82, 2.24) is 0 Å². The molecule has 1 N–H and O–H groups in total. The van der Waals surface area contributed by atoms with Crippen LogP contribution in [0.4, 0.5) is 0 Å². The van der Waals surface area contributed by atoms with Gasteiger partial charge in [-0.25, -0.2) is 0 Å². The Morgan fingerprint density at radius 1 is 0.786 bits per heavy atom. The number of aliphatic hydroxyl groups is 1. The fourth-order valence-electron chi connectivity index (χ4n) is 3.66. The number of hydrogen-bond donors (Lipinski definition) is 1. The van der Waals surface area contributed by atoms with Crippen molar-refractivity contribution in [1.29, 1.82) is 0 Å². The van der Waals surface area contributed by atoms with Gasteiger partial charge in [-0.15, -0.1) is 0 Å². The van der Waals surface area contributed by atoms with Crippen LogP contribution >= 0.6 is 0 Å². The molecular formula is C25H52O3. The molecule has 0 saturated carbocycles. The summed E-state index contributed by atoms with van der Waals surface area (Å²) in [6.07, 6.45) is 3.54. The predicted molar refractivity (Wildman–Crippen MR) is 122 cm³/mol. The zero-order valence-electron chi connectivity index (χ0n) is 21.2. The third kappa shape index (κ3) is 7.61. The maximum atomic E-state index is 9.83. The fraction of sp³-hybridized carbons (Fsp3) is 1.00. The average molecular weight is 401 g/mol. The van der Waals surface area contributed by atoms with Gasteiger partial charge in [0, 0.05) is 6.61 Å². The molecular weight excluding hydrogens is 348 g/mol. The number of hydrogen-bond acceptors (Lipinski definition) is 3. The van der Waals surface area contributed by atoms with E-state index < -0.39 is 0 Å². The summed E-state index contributed by atoms with van der Waals surface area (Å²) in [6, 6.07) is 0. The van der Waals surface area contributed by atoms with E-state index in [1.807, 2.05) is 6.92 Å². The molecule has 0 saturated heterocycles. The van der Waals surface area contributed by atoms with Crippen LogP contribution in [0, 0.1) is 22.7 Å². The van der Waals surface area contributed by atoms with Gasteiger partial charge in [0.2, 0.25) is 0 Å². The van der Waals surface area contributed by atoms with E-state index in [2.05, 4.69) is 76.2 Å². The maximum Gasteiger partial charge on any atom is 0.0703 e. The third-order valence-corrected chi connectivity index (χ3v) is 8.01. The highest BCUT2D eigenvalue weighted by atomic mass is 16.5. The molecule has 0 bridgehead atoms. The quantitative estimate of drug-likeness (QED) is 0.346.